The molecule has 0 radical (unpaired) electrons. The third-order valence-electron chi connectivity index (χ3n) is 2.60. The standard InChI is InChI=1S/C11H12Br3NO/c1-11(5-16-6-11)4-15-10-8(13)2-7(12)3-9(10)14/h2-3,15H,4-6H2,1H3. The molecule has 88 valence electrons. The van der Waals surface area contributed by atoms with Gasteiger partial charge < -0.3 is 10.1 Å². The highest BCUT2D eigenvalue weighted by Crippen LogP contribution is 2.36. The zero-order chi connectivity index (χ0) is 11.8. The minimum Gasteiger partial charge on any atom is -0.382 e. The van der Waals surface area contributed by atoms with E-state index in [1.165, 1.54) is 0 Å². The van der Waals surface area contributed by atoms with Gasteiger partial charge in [0.15, 0.2) is 0 Å². The van der Waals surface area contributed by atoms with E-state index in [-0.39, 0.29) is 5.41 Å². The van der Waals surface area contributed by atoms with Gasteiger partial charge in [-0.2, -0.15) is 0 Å². The molecule has 1 aromatic carbocycles. The van der Waals surface area contributed by atoms with Crippen LogP contribution in [0.25, 0.3) is 0 Å². The lowest BCUT2D eigenvalue weighted by atomic mass is 9.89. The molecule has 1 saturated heterocycles. The Labute approximate surface area is 121 Å². The maximum Gasteiger partial charge on any atom is 0.0630 e. The second-order valence-electron chi connectivity index (χ2n) is 4.40. The van der Waals surface area contributed by atoms with Gasteiger partial charge in [-0.05, 0) is 44.0 Å². The molecule has 2 nitrogen and oxygen atoms in total. The number of ether oxygens (including phenoxy) is 1. The highest BCUT2D eigenvalue weighted by Gasteiger charge is 2.33. The summed E-state index contributed by atoms with van der Waals surface area (Å²) >= 11 is 10.6. The Morgan fingerprint density at radius 3 is 2.25 bits per heavy atom. The summed E-state index contributed by atoms with van der Waals surface area (Å²) in [5.74, 6) is 0. The third-order valence-corrected chi connectivity index (χ3v) is 4.31. The van der Waals surface area contributed by atoms with Crippen molar-refractivity contribution in [3.8, 4) is 0 Å². The normalized spacial score (nSPS) is 18.0. The Bertz CT molecular complexity index is 381. The van der Waals surface area contributed by atoms with Crippen LogP contribution in [0.15, 0.2) is 25.6 Å². The van der Waals surface area contributed by atoms with Gasteiger partial charge in [0.25, 0.3) is 0 Å². The molecule has 1 aliphatic heterocycles. The third kappa shape index (κ3) is 2.81. The van der Waals surface area contributed by atoms with E-state index < -0.39 is 0 Å². The van der Waals surface area contributed by atoms with E-state index in [0.29, 0.717) is 0 Å². The van der Waals surface area contributed by atoms with E-state index in [2.05, 4.69) is 60.0 Å². The van der Waals surface area contributed by atoms with Gasteiger partial charge in [0.1, 0.15) is 0 Å². The molecule has 5 heteroatoms. The topological polar surface area (TPSA) is 21.3 Å². The maximum absolute atomic E-state index is 5.23. The summed E-state index contributed by atoms with van der Waals surface area (Å²) in [7, 11) is 0. The summed E-state index contributed by atoms with van der Waals surface area (Å²) < 4.78 is 8.39. The molecule has 1 fully saturated rings. The highest BCUT2D eigenvalue weighted by molar-refractivity contribution is 9.11. The van der Waals surface area contributed by atoms with Crippen molar-refractivity contribution in [2.75, 3.05) is 25.1 Å². The highest BCUT2D eigenvalue weighted by atomic mass is 79.9. The van der Waals surface area contributed by atoms with Gasteiger partial charge in [-0.3, -0.25) is 0 Å². The van der Waals surface area contributed by atoms with E-state index in [1.54, 1.807) is 0 Å². The molecule has 0 saturated carbocycles. The summed E-state index contributed by atoms with van der Waals surface area (Å²) in [6, 6.07) is 4.07. The van der Waals surface area contributed by atoms with Gasteiger partial charge >= 0.3 is 0 Å². The molecule has 0 atom stereocenters. The number of hydrogen-bond donors (Lipinski definition) is 1. The fourth-order valence-corrected chi connectivity index (χ4v) is 4.10. The van der Waals surface area contributed by atoms with Crippen LogP contribution in [0.4, 0.5) is 5.69 Å². The van der Waals surface area contributed by atoms with Crippen LogP contribution in [-0.4, -0.2) is 19.8 Å². The first-order valence-corrected chi connectivity index (χ1v) is 7.34. The zero-order valence-electron chi connectivity index (χ0n) is 8.82. The first-order chi connectivity index (χ1) is 7.50. The van der Waals surface area contributed by atoms with Crippen molar-refractivity contribution >= 4 is 53.5 Å². The van der Waals surface area contributed by atoms with Crippen molar-refractivity contribution in [1.29, 1.82) is 0 Å². The van der Waals surface area contributed by atoms with Crippen LogP contribution in [0.3, 0.4) is 0 Å². The number of nitrogens with one attached hydrogen (secondary N) is 1. The lowest BCUT2D eigenvalue weighted by molar-refractivity contribution is -0.0924. The van der Waals surface area contributed by atoms with Crippen molar-refractivity contribution in [3.63, 3.8) is 0 Å². The van der Waals surface area contributed by atoms with Crippen LogP contribution in [0.1, 0.15) is 6.92 Å². The fourth-order valence-electron chi connectivity index (χ4n) is 1.57. The van der Waals surface area contributed by atoms with E-state index in [4.69, 9.17) is 4.74 Å². The molecule has 0 unspecified atom stereocenters. The maximum atomic E-state index is 5.23. The molecule has 2 rings (SSSR count). The van der Waals surface area contributed by atoms with Crippen LogP contribution in [-0.2, 0) is 4.74 Å². The smallest absolute Gasteiger partial charge is 0.0630 e. The molecule has 1 aromatic rings. The molecule has 1 aliphatic rings. The van der Waals surface area contributed by atoms with Crippen molar-refractivity contribution in [1.82, 2.24) is 0 Å². The number of anilines is 1. The second-order valence-corrected chi connectivity index (χ2v) is 7.03. The molecule has 16 heavy (non-hydrogen) atoms. The molecular formula is C11H12Br3NO. The monoisotopic (exact) mass is 411 g/mol. The molecule has 0 aliphatic carbocycles. The quantitative estimate of drug-likeness (QED) is 0.791. The van der Waals surface area contributed by atoms with Gasteiger partial charge in [-0.1, -0.05) is 22.9 Å². The number of hydrogen-bond acceptors (Lipinski definition) is 2. The van der Waals surface area contributed by atoms with Gasteiger partial charge in [-0.15, -0.1) is 0 Å². The minimum absolute atomic E-state index is 0.270. The van der Waals surface area contributed by atoms with Crippen molar-refractivity contribution < 1.29 is 4.74 Å². The average Bonchev–Trinajstić information content (AvgIpc) is 2.13. The number of benzene rings is 1. The summed E-state index contributed by atoms with van der Waals surface area (Å²) in [6.45, 7) is 4.83. The van der Waals surface area contributed by atoms with Gasteiger partial charge in [-0.25, -0.2) is 0 Å². The Morgan fingerprint density at radius 1 is 1.25 bits per heavy atom. The average molecular weight is 414 g/mol. The van der Waals surface area contributed by atoms with Crippen molar-refractivity contribution in [3.05, 3.63) is 25.6 Å². The van der Waals surface area contributed by atoms with Gasteiger partial charge in [0.2, 0.25) is 0 Å². The summed E-state index contributed by atoms with van der Waals surface area (Å²) in [4.78, 5) is 0. The largest absolute Gasteiger partial charge is 0.382 e. The van der Waals surface area contributed by atoms with Crippen molar-refractivity contribution in [2.24, 2.45) is 5.41 Å². The fraction of sp³-hybridized carbons (Fsp3) is 0.455. The molecule has 0 aromatic heterocycles. The summed E-state index contributed by atoms with van der Waals surface area (Å²) in [6.07, 6.45) is 0. The van der Waals surface area contributed by atoms with E-state index in [9.17, 15) is 0 Å². The first kappa shape index (κ1) is 12.9. The van der Waals surface area contributed by atoms with Gasteiger partial charge in [0, 0.05) is 25.4 Å². The van der Waals surface area contributed by atoms with Gasteiger partial charge in [0.05, 0.1) is 18.9 Å². The molecule has 1 heterocycles. The molecule has 0 amide bonds. The second kappa shape index (κ2) is 4.96. The Morgan fingerprint density at radius 2 is 1.81 bits per heavy atom. The molecule has 0 bridgehead atoms. The molecule has 1 N–H and O–H groups in total. The molecule has 0 spiro atoms. The van der Waals surface area contributed by atoms with Crippen molar-refractivity contribution in [2.45, 2.75) is 6.92 Å². The van der Waals surface area contributed by atoms with Crippen LogP contribution in [0.5, 0.6) is 0 Å². The molecular weight excluding hydrogens is 402 g/mol. The Balaban J connectivity index is 2.09. The predicted octanol–water partition coefficient (Wildman–Crippen LogP) is 4.42. The van der Waals surface area contributed by atoms with E-state index in [1.807, 2.05) is 12.1 Å². The van der Waals surface area contributed by atoms with E-state index >= 15 is 0 Å². The SMILES string of the molecule is CC1(CNc2c(Br)cc(Br)cc2Br)COC1. The summed E-state index contributed by atoms with van der Waals surface area (Å²) in [5.41, 5.74) is 1.36. The minimum atomic E-state index is 0.270. The summed E-state index contributed by atoms with van der Waals surface area (Å²) in [5, 5.41) is 3.46. The Hall–Kier alpha value is 0.420. The first-order valence-electron chi connectivity index (χ1n) is 4.96. The predicted molar refractivity (Wildman–Crippen MR) is 77.0 cm³/mol. The van der Waals surface area contributed by atoms with Crippen LogP contribution >= 0.6 is 47.8 Å². The lowest BCUT2D eigenvalue weighted by Crippen LogP contribution is -2.45. The number of halogens is 3. The van der Waals surface area contributed by atoms with E-state index in [0.717, 1.165) is 38.9 Å². The van der Waals surface area contributed by atoms with Crippen LogP contribution < -0.4 is 5.32 Å². The lowest BCUT2D eigenvalue weighted by Gasteiger charge is -2.38. The number of rotatable bonds is 3. The zero-order valence-corrected chi connectivity index (χ0v) is 13.6. The van der Waals surface area contributed by atoms with Crippen LogP contribution in [0.2, 0.25) is 0 Å². The van der Waals surface area contributed by atoms with Crippen LogP contribution in [0, 0.1) is 5.41 Å². The Kier molecular flexibility index (Phi) is 3.99.